The number of nitrogens with zero attached hydrogens (tertiary/aromatic N) is 2. The topological polar surface area (TPSA) is 35.9 Å². The van der Waals surface area contributed by atoms with Gasteiger partial charge in [-0.25, -0.2) is 0 Å². The summed E-state index contributed by atoms with van der Waals surface area (Å²) in [6.07, 6.45) is 3.02. The van der Waals surface area contributed by atoms with Crippen molar-refractivity contribution in [3.8, 4) is 11.5 Å². The average molecular weight is 459 g/mol. The fourth-order valence-electron chi connectivity index (χ4n) is 5.71. The molecule has 3 aromatic carbocycles. The third kappa shape index (κ3) is 4.42. The number of ether oxygens (including phenoxy) is 1. The predicted molar refractivity (Wildman–Crippen MR) is 140 cm³/mol. The Bertz CT molecular complexity index is 1190. The average Bonchev–Trinajstić information content (AvgIpc) is 2.86. The Kier molecular flexibility index (Phi) is 6.30. The monoisotopic (exact) mass is 458 g/mol. The summed E-state index contributed by atoms with van der Waals surface area (Å²) < 4.78 is 6.65. The van der Waals surface area contributed by atoms with Crippen molar-refractivity contribution >= 4 is 10.8 Å². The SMILES string of the molecule is Cc1c(C)c2c(c(C)c1O)CCC(C)(CCN1CCN(Cc3cccc4ccccc34)CC1)O2. The Morgan fingerprint density at radius 2 is 1.59 bits per heavy atom. The van der Waals surface area contributed by atoms with Gasteiger partial charge in [0.05, 0.1) is 0 Å². The minimum atomic E-state index is -0.145. The number of rotatable bonds is 5. The zero-order valence-electron chi connectivity index (χ0n) is 21.2. The van der Waals surface area contributed by atoms with Crippen LogP contribution in [0.5, 0.6) is 11.5 Å². The summed E-state index contributed by atoms with van der Waals surface area (Å²) in [6, 6.07) is 15.4. The lowest BCUT2D eigenvalue weighted by Gasteiger charge is -2.40. The zero-order valence-corrected chi connectivity index (χ0v) is 21.2. The van der Waals surface area contributed by atoms with E-state index in [9.17, 15) is 5.11 Å². The van der Waals surface area contributed by atoms with Crippen molar-refractivity contribution in [1.82, 2.24) is 9.80 Å². The summed E-state index contributed by atoms with van der Waals surface area (Å²) in [5.41, 5.74) is 5.50. The summed E-state index contributed by atoms with van der Waals surface area (Å²) >= 11 is 0. The number of benzene rings is 3. The number of phenols is 1. The molecule has 0 aromatic heterocycles. The van der Waals surface area contributed by atoms with Gasteiger partial charge in [0, 0.05) is 44.8 Å². The zero-order chi connectivity index (χ0) is 23.9. The summed E-state index contributed by atoms with van der Waals surface area (Å²) in [5.74, 6) is 1.45. The number of phenolic OH excluding ortho intramolecular Hbond substituents is 1. The predicted octanol–water partition coefficient (Wildman–Crippen LogP) is 5.76. The van der Waals surface area contributed by atoms with Gasteiger partial charge in [0.1, 0.15) is 17.1 Å². The summed E-state index contributed by atoms with van der Waals surface area (Å²) in [4.78, 5) is 5.19. The maximum Gasteiger partial charge on any atom is 0.127 e. The number of hydrogen-bond donors (Lipinski definition) is 1. The molecule has 3 aromatic rings. The van der Waals surface area contributed by atoms with E-state index in [1.165, 1.54) is 21.9 Å². The lowest BCUT2D eigenvalue weighted by atomic mass is 9.85. The third-order valence-electron chi connectivity index (χ3n) is 8.29. The Balaban J connectivity index is 1.17. The second-order valence-electron chi connectivity index (χ2n) is 10.6. The second kappa shape index (κ2) is 9.24. The van der Waals surface area contributed by atoms with Crippen LogP contribution in [0.2, 0.25) is 0 Å². The van der Waals surface area contributed by atoms with Gasteiger partial charge in [-0.15, -0.1) is 0 Å². The highest BCUT2D eigenvalue weighted by Crippen LogP contribution is 2.44. The quantitative estimate of drug-likeness (QED) is 0.527. The molecule has 2 aliphatic rings. The molecule has 0 spiro atoms. The van der Waals surface area contributed by atoms with Crippen LogP contribution in [0.3, 0.4) is 0 Å². The Morgan fingerprint density at radius 1 is 0.882 bits per heavy atom. The van der Waals surface area contributed by atoms with Crippen molar-refractivity contribution in [2.45, 2.75) is 59.1 Å². The molecule has 0 radical (unpaired) electrons. The standard InChI is InChI=1S/C30H38N2O2/c1-21-22(2)29-26(23(3)28(21)33)12-13-30(4,34-29)14-15-31-16-18-32(19-17-31)20-25-10-7-9-24-8-5-6-11-27(24)25/h5-11,33H,12-20H2,1-4H3. The van der Waals surface area contributed by atoms with Crippen LogP contribution < -0.4 is 4.74 Å². The molecule has 4 heteroatoms. The van der Waals surface area contributed by atoms with Gasteiger partial charge in [0.2, 0.25) is 0 Å². The molecule has 1 atom stereocenters. The van der Waals surface area contributed by atoms with Gasteiger partial charge in [-0.1, -0.05) is 42.5 Å². The van der Waals surface area contributed by atoms with Crippen molar-refractivity contribution in [2.75, 3.05) is 32.7 Å². The van der Waals surface area contributed by atoms with Crippen LogP contribution in [-0.2, 0) is 13.0 Å². The minimum absolute atomic E-state index is 0.145. The van der Waals surface area contributed by atoms with Gasteiger partial charge in [0.25, 0.3) is 0 Å². The van der Waals surface area contributed by atoms with E-state index in [-0.39, 0.29) is 5.60 Å². The Morgan fingerprint density at radius 3 is 2.38 bits per heavy atom. The molecule has 2 aliphatic heterocycles. The first-order valence-electron chi connectivity index (χ1n) is 12.8. The molecule has 0 amide bonds. The van der Waals surface area contributed by atoms with Crippen LogP contribution in [0, 0.1) is 20.8 Å². The Hall–Kier alpha value is -2.56. The van der Waals surface area contributed by atoms with Crippen LogP contribution in [0.4, 0.5) is 0 Å². The highest BCUT2D eigenvalue weighted by atomic mass is 16.5. The van der Waals surface area contributed by atoms with Gasteiger partial charge in [-0.2, -0.15) is 0 Å². The molecule has 1 N–H and O–H groups in total. The van der Waals surface area contributed by atoms with Gasteiger partial charge < -0.3 is 14.7 Å². The lowest BCUT2D eigenvalue weighted by Crippen LogP contribution is -2.48. The van der Waals surface area contributed by atoms with E-state index >= 15 is 0 Å². The first-order valence-corrected chi connectivity index (χ1v) is 12.8. The molecule has 180 valence electrons. The van der Waals surface area contributed by atoms with Gasteiger partial charge in [-0.05, 0) is 80.0 Å². The number of aromatic hydroxyl groups is 1. The Labute approximate surface area is 204 Å². The first-order chi connectivity index (χ1) is 16.3. The van der Waals surface area contributed by atoms with E-state index in [1.807, 2.05) is 13.8 Å². The molecule has 4 nitrogen and oxygen atoms in total. The molecule has 2 heterocycles. The number of hydrogen-bond acceptors (Lipinski definition) is 4. The van der Waals surface area contributed by atoms with Crippen LogP contribution >= 0.6 is 0 Å². The molecule has 0 saturated carbocycles. The van der Waals surface area contributed by atoms with E-state index in [2.05, 4.69) is 66.1 Å². The number of piperazine rings is 1. The third-order valence-corrected chi connectivity index (χ3v) is 8.29. The maximum absolute atomic E-state index is 10.4. The maximum atomic E-state index is 10.4. The van der Waals surface area contributed by atoms with E-state index in [1.54, 1.807) is 0 Å². The normalized spacial score (nSPS) is 21.4. The first kappa shape index (κ1) is 23.2. The fraction of sp³-hybridized carbons (Fsp3) is 0.467. The molecule has 1 fully saturated rings. The van der Waals surface area contributed by atoms with Crippen molar-refractivity contribution < 1.29 is 9.84 Å². The van der Waals surface area contributed by atoms with Gasteiger partial charge in [0.15, 0.2) is 0 Å². The second-order valence-corrected chi connectivity index (χ2v) is 10.6. The van der Waals surface area contributed by atoms with Gasteiger partial charge >= 0.3 is 0 Å². The number of fused-ring (bicyclic) bond motifs is 2. The van der Waals surface area contributed by atoms with Crippen LogP contribution in [0.15, 0.2) is 42.5 Å². The van der Waals surface area contributed by atoms with E-state index < -0.39 is 0 Å². The molecule has 34 heavy (non-hydrogen) atoms. The van der Waals surface area contributed by atoms with Crippen molar-refractivity contribution in [3.05, 3.63) is 70.3 Å². The van der Waals surface area contributed by atoms with Crippen molar-refractivity contribution in [3.63, 3.8) is 0 Å². The molecule has 0 bridgehead atoms. The summed E-state index contributed by atoms with van der Waals surface area (Å²) in [5, 5.41) is 13.2. The molecule has 0 aliphatic carbocycles. The molecular formula is C30H38N2O2. The molecule has 1 unspecified atom stereocenters. The van der Waals surface area contributed by atoms with Gasteiger partial charge in [-0.3, -0.25) is 4.90 Å². The summed E-state index contributed by atoms with van der Waals surface area (Å²) in [6.45, 7) is 14.9. The van der Waals surface area contributed by atoms with E-state index in [4.69, 9.17) is 4.74 Å². The fourth-order valence-corrected chi connectivity index (χ4v) is 5.71. The summed E-state index contributed by atoms with van der Waals surface area (Å²) in [7, 11) is 0. The highest BCUT2D eigenvalue weighted by molar-refractivity contribution is 5.85. The van der Waals surface area contributed by atoms with Crippen molar-refractivity contribution in [1.29, 1.82) is 0 Å². The van der Waals surface area contributed by atoms with Crippen LogP contribution in [-0.4, -0.2) is 53.2 Å². The lowest BCUT2D eigenvalue weighted by molar-refractivity contribution is 0.0351. The van der Waals surface area contributed by atoms with Crippen molar-refractivity contribution in [2.24, 2.45) is 0 Å². The van der Waals surface area contributed by atoms with E-state index in [0.29, 0.717) is 5.75 Å². The molecule has 5 rings (SSSR count). The van der Waals surface area contributed by atoms with E-state index in [0.717, 1.165) is 81.0 Å². The van der Waals surface area contributed by atoms with Crippen LogP contribution in [0.1, 0.15) is 47.6 Å². The smallest absolute Gasteiger partial charge is 0.127 e. The van der Waals surface area contributed by atoms with Crippen LogP contribution in [0.25, 0.3) is 10.8 Å². The minimum Gasteiger partial charge on any atom is -0.507 e. The highest BCUT2D eigenvalue weighted by Gasteiger charge is 2.35. The molecule has 1 saturated heterocycles. The largest absolute Gasteiger partial charge is 0.507 e. The molecular weight excluding hydrogens is 420 g/mol.